The molecule has 14 rings (SSSR count). The second-order valence-corrected chi connectivity index (χ2v) is 53.9. The quantitative estimate of drug-likeness (QED) is 0.0224. The van der Waals surface area contributed by atoms with Crippen LogP contribution in [0.3, 0.4) is 0 Å². The van der Waals surface area contributed by atoms with Crippen LogP contribution in [-0.2, 0) is 102 Å². The number of pyridine rings is 3. The van der Waals surface area contributed by atoms with Crippen molar-refractivity contribution in [3.63, 3.8) is 0 Å². The first kappa shape index (κ1) is 126. The van der Waals surface area contributed by atoms with Gasteiger partial charge in [0.15, 0.2) is 0 Å². The van der Waals surface area contributed by atoms with E-state index in [9.17, 15) is 18.0 Å². The van der Waals surface area contributed by atoms with Gasteiger partial charge in [-0.1, -0.05) is 194 Å². The number of nitrogens with one attached hydrogen (secondary N) is 7. The molecule has 0 aromatic carbocycles. The van der Waals surface area contributed by atoms with Crippen molar-refractivity contribution in [1.29, 1.82) is 0 Å². The zero-order chi connectivity index (χ0) is 110. The average Bonchev–Trinajstić information content (AvgIpc) is 0.798. The molecule has 7 N–H and O–H groups in total. The van der Waals surface area contributed by atoms with Gasteiger partial charge in [0.2, 0.25) is 17.8 Å². The number of aryl methyl sites for hydroxylation is 1. The highest BCUT2D eigenvalue weighted by molar-refractivity contribution is 7.99. The highest BCUT2D eigenvalue weighted by Gasteiger charge is 2.33. The summed E-state index contributed by atoms with van der Waals surface area (Å²) in [6.45, 7) is 78.6. The van der Waals surface area contributed by atoms with Gasteiger partial charge in [0.25, 0.3) is 0 Å². The molecule has 6 saturated heterocycles. The van der Waals surface area contributed by atoms with E-state index < -0.39 is 9.84 Å². The van der Waals surface area contributed by atoms with Gasteiger partial charge in [0.1, 0.15) is 57.9 Å². The van der Waals surface area contributed by atoms with E-state index in [4.69, 9.17) is 19.2 Å². The summed E-state index contributed by atoms with van der Waals surface area (Å²) < 4.78 is 37.6. The van der Waals surface area contributed by atoms with Crippen LogP contribution in [0.15, 0.2) is 104 Å². The molecule has 2 amide bonds. The van der Waals surface area contributed by atoms with Gasteiger partial charge < -0.3 is 66.1 Å². The number of carbonyl (C=O) groups is 2. The number of carbonyl (C=O) groups excluding carboxylic acids is 2. The molecule has 33 heteroatoms. The van der Waals surface area contributed by atoms with Gasteiger partial charge in [-0.05, 0) is 168 Å². The third kappa shape index (κ3) is 47.5. The van der Waals surface area contributed by atoms with Crippen LogP contribution in [0.1, 0.15) is 321 Å². The van der Waals surface area contributed by atoms with Gasteiger partial charge >= 0.3 is 0 Å². The summed E-state index contributed by atoms with van der Waals surface area (Å²) in [5.74, 6) is 10.7. The van der Waals surface area contributed by atoms with Gasteiger partial charge in [-0.2, -0.15) is 28.5 Å². The van der Waals surface area contributed by atoms with Crippen molar-refractivity contribution >= 4 is 80.1 Å². The molecular weight excluding hydrogens is 1910 g/mol. The molecule has 0 radical (unpaired) electrons. The van der Waals surface area contributed by atoms with Gasteiger partial charge in [-0.3, -0.25) is 24.5 Å². The van der Waals surface area contributed by atoms with Crippen molar-refractivity contribution in [1.82, 2.24) is 84.8 Å². The third-order valence-electron chi connectivity index (χ3n) is 25.8. The molecule has 8 aromatic heterocycles. The fourth-order valence-electron chi connectivity index (χ4n) is 16.1. The fraction of sp³-hybridized carbons (Fsp3) is 0.678. The molecular formula is C115H189N23O7S3. The van der Waals surface area contributed by atoms with Gasteiger partial charge in [0.05, 0.1) is 79.7 Å². The summed E-state index contributed by atoms with van der Waals surface area (Å²) >= 11 is 3.76. The number of thioether (sulfide) groups is 2. The van der Waals surface area contributed by atoms with Crippen molar-refractivity contribution < 1.29 is 32.2 Å². The number of aromatic nitrogens is 13. The molecule has 14 heterocycles. The SMILES string of the molecule is CC(=O)N1CC(Nc2cc(C(C)(C)C)nc(C(C)(C)C)n2)C1.CC(=O)N1CCC(Nc2ccnc(C(C)(C)C)c2)CC1.CC(C)(C)c1cc(CC2CCNCC2)ccn1.CC(C)(C)c1cc(CCCS(C)(=O)=O)ncn1.CC(C)(C)c1cc(NC2COC2)nc(NC2COC2)n1.CCSCCNc1cc(C(C)(C)C)ncn1.COCCN1CCC(Cc2ccnc(C(C)(C)C)c2)CC1.CSCCNc1cc(C(C)(C)C)ncn1. The largest absolute Gasteiger partial charge is 0.383 e. The molecule has 30 nitrogen and oxygen atoms in total. The van der Waals surface area contributed by atoms with E-state index in [1.54, 1.807) is 39.9 Å². The summed E-state index contributed by atoms with van der Waals surface area (Å²) in [6, 6.07) is 24.6. The number of anilines is 6. The Hall–Kier alpha value is -8.96. The number of hydrogen-bond donors (Lipinski definition) is 7. The van der Waals surface area contributed by atoms with E-state index in [1.165, 1.54) is 99.2 Å². The molecule has 6 aliphatic rings. The van der Waals surface area contributed by atoms with Gasteiger partial charge in [-0.15, -0.1) is 0 Å². The number of hydrogen-bond acceptors (Lipinski definition) is 30. The van der Waals surface area contributed by atoms with E-state index in [2.05, 4.69) is 332 Å². The second kappa shape index (κ2) is 58.8. The molecule has 148 heavy (non-hydrogen) atoms. The minimum Gasteiger partial charge on any atom is -0.383 e. The molecule has 6 fully saturated rings. The van der Waals surface area contributed by atoms with Crippen LogP contribution in [0.5, 0.6) is 0 Å². The lowest BCUT2D eigenvalue weighted by Gasteiger charge is -2.39. The Morgan fingerprint density at radius 2 is 0.872 bits per heavy atom. The van der Waals surface area contributed by atoms with Crippen LogP contribution in [0.2, 0.25) is 0 Å². The topological polar surface area (TPSA) is 357 Å². The summed E-state index contributed by atoms with van der Waals surface area (Å²) in [7, 11) is -1.10. The van der Waals surface area contributed by atoms with Crippen LogP contribution < -0.4 is 37.2 Å². The zero-order valence-electron chi connectivity index (χ0n) is 96.7. The first-order chi connectivity index (χ1) is 69.1. The van der Waals surface area contributed by atoms with Gasteiger partial charge in [0, 0.05) is 216 Å². The summed E-state index contributed by atoms with van der Waals surface area (Å²) in [5.41, 5.74) is 14.1. The van der Waals surface area contributed by atoms with E-state index in [0.717, 1.165) is 190 Å². The Morgan fingerprint density at radius 1 is 0.446 bits per heavy atom. The number of piperidine rings is 3. The molecule has 0 unspecified atom stereocenters. The van der Waals surface area contributed by atoms with E-state index >= 15 is 0 Å². The average molecular weight is 2100 g/mol. The first-order valence-corrected chi connectivity index (χ1v) is 58.2. The number of amides is 2. The molecule has 824 valence electrons. The summed E-state index contributed by atoms with van der Waals surface area (Å²) in [4.78, 5) is 86.3. The van der Waals surface area contributed by atoms with E-state index in [0.29, 0.717) is 36.9 Å². The normalized spacial score (nSPS) is 16.0. The second-order valence-electron chi connectivity index (χ2n) is 49.3. The van der Waals surface area contributed by atoms with Crippen molar-refractivity contribution in [2.24, 2.45) is 11.8 Å². The van der Waals surface area contributed by atoms with Crippen LogP contribution in [0, 0.1) is 11.8 Å². The number of likely N-dealkylation sites (tertiary alicyclic amines) is 3. The van der Waals surface area contributed by atoms with Crippen LogP contribution >= 0.6 is 23.5 Å². The lowest BCUT2D eigenvalue weighted by atomic mass is 9.87. The maximum atomic E-state index is 11.3. The highest BCUT2D eigenvalue weighted by atomic mass is 32.2. The molecule has 8 aromatic rings. The molecule has 0 spiro atoms. The highest BCUT2D eigenvalue weighted by Crippen LogP contribution is 2.34. The Morgan fingerprint density at radius 3 is 1.32 bits per heavy atom. The van der Waals surface area contributed by atoms with Crippen LogP contribution in [-0.4, -0.2) is 272 Å². The molecule has 0 atom stereocenters. The fourth-order valence-corrected chi connectivity index (χ4v) is 17.6. The van der Waals surface area contributed by atoms with Crippen molar-refractivity contribution in [2.75, 3.05) is 180 Å². The first-order valence-electron chi connectivity index (χ1n) is 53.6. The van der Waals surface area contributed by atoms with Crippen molar-refractivity contribution in [3.05, 3.63) is 172 Å². The number of rotatable bonds is 28. The van der Waals surface area contributed by atoms with E-state index in [1.807, 2.05) is 88.3 Å². The van der Waals surface area contributed by atoms with Crippen LogP contribution in [0.25, 0.3) is 0 Å². The standard InChI is InChI=1S/C18H30N2O.C17H28N4O.C16H25N3O.C15H24N2.C14H22N4O2.C12H21N3S.C12H20N2O2S.C11H19N3S/c1-18(2,3)17-14-16(5-8-19-17)13-15-6-9-20(10-7-15)11-12-21-4;1-11(22)21-9-12(10-21)18-14-8-13(16(2,3)4)19-15(20-14)17(5,6)7;1-12(20)19-9-6-13(7-10-19)18-14-5-8-17-15(11-14)16(2,3)4;1-15(2,3)14-11-13(6-9-17-14)10-12-4-7-16-8-5-12;1-14(2,3)11-4-12(15-9-5-19-6-9)18-13(17-11)16-10-7-20-8-10;1-5-16-7-6-13-11-8-10(12(2,3)4)14-9-15-11;1-12(2,3)11-8-10(13-9-14-11)6-5-7-17(4,15)16;1-11(2,3)9-7-10(14-8-13-9)12-5-6-15-4/h5,8,14-15H,6-7,9-13H2,1-4H3;8,12H,9-10H2,1-7H3,(H,18,19,20);5,8,11,13H,6-7,9-10H2,1-4H3,(H,17,18);6,9,11-12,16H,4-5,7-8,10H2,1-3H3;4,9-10H,5-8H2,1-3H3,(H2,15,16,17,18);8-9H,5-7H2,1-4H3,(H,13,14,15);8-9H,5-7H2,1-4H3;7-8H,5-6H2,1-4H3,(H,12,13,14). The van der Waals surface area contributed by atoms with Crippen molar-refractivity contribution in [2.45, 2.75) is 345 Å². The summed E-state index contributed by atoms with van der Waals surface area (Å²) in [6.07, 6.45) is 24.9. The number of sulfone groups is 1. The molecule has 6 aliphatic heterocycles. The Labute approximate surface area is 900 Å². The lowest BCUT2D eigenvalue weighted by molar-refractivity contribution is -0.132. The smallest absolute Gasteiger partial charge is 0.225 e. The Bertz CT molecular complexity index is 5320. The summed E-state index contributed by atoms with van der Waals surface area (Å²) in [5, 5.41) is 23.8. The maximum absolute atomic E-state index is 11.3. The van der Waals surface area contributed by atoms with Gasteiger partial charge in [-0.25, -0.2) is 53.3 Å². The molecule has 0 bridgehead atoms. The zero-order valence-corrected chi connectivity index (χ0v) is 99.2. The maximum Gasteiger partial charge on any atom is 0.225 e. The molecule has 0 saturated carbocycles. The predicted octanol–water partition coefficient (Wildman–Crippen LogP) is 20.4. The van der Waals surface area contributed by atoms with E-state index in [-0.39, 0.29) is 72.3 Å². The number of nitrogens with zero attached hydrogens (tertiary/aromatic N) is 16. The Kier molecular flexibility index (Phi) is 50.0. The third-order valence-corrected chi connectivity index (χ3v) is 28.4. The number of ether oxygens (including phenoxy) is 3. The predicted molar refractivity (Wildman–Crippen MR) is 617 cm³/mol. The molecule has 0 aliphatic carbocycles. The lowest BCUT2D eigenvalue weighted by Crippen LogP contribution is -2.56. The minimum atomic E-state index is -2.88. The van der Waals surface area contributed by atoms with Crippen LogP contribution in [0.4, 0.5) is 34.9 Å². The number of methoxy groups -OCH3 is 1. The van der Waals surface area contributed by atoms with Crippen molar-refractivity contribution in [3.8, 4) is 0 Å². The Balaban J connectivity index is 0.000000230. The monoisotopic (exact) mass is 2100 g/mol. The minimum absolute atomic E-state index is 0.00543.